The van der Waals surface area contributed by atoms with Gasteiger partial charge in [-0.25, -0.2) is 8.42 Å². The third-order valence-corrected chi connectivity index (χ3v) is 7.23. The first kappa shape index (κ1) is 23.0. The third-order valence-electron chi connectivity index (χ3n) is 5.85. The second-order valence-corrected chi connectivity index (χ2v) is 10.1. The number of carbonyl (C=O) groups is 1. The summed E-state index contributed by atoms with van der Waals surface area (Å²) in [5, 5.41) is 2.95. The molecule has 0 spiro atoms. The molecule has 3 aromatic carbocycles. The number of nitrogens with one attached hydrogen (secondary N) is 2. The maximum absolute atomic E-state index is 12.8. The summed E-state index contributed by atoms with van der Waals surface area (Å²) in [5.74, 6) is -0.250. The maximum Gasteiger partial charge on any atom is 0.261 e. The van der Waals surface area contributed by atoms with Crippen LogP contribution in [0.15, 0.2) is 77.7 Å². The molecule has 1 amide bonds. The largest absolute Gasteiger partial charge is 0.348 e. The topological polar surface area (TPSA) is 78.5 Å². The first-order valence-corrected chi connectivity index (χ1v) is 12.7. The number of benzene rings is 3. The fraction of sp³-hybridized carbons (Fsp3) is 0.269. The summed E-state index contributed by atoms with van der Waals surface area (Å²) in [7, 11) is -3.73. The van der Waals surface area contributed by atoms with Crippen LogP contribution >= 0.6 is 0 Å². The molecule has 0 bridgehead atoms. The summed E-state index contributed by atoms with van der Waals surface area (Å²) < 4.78 is 28.0. The average molecular weight is 464 g/mol. The smallest absolute Gasteiger partial charge is 0.261 e. The summed E-state index contributed by atoms with van der Waals surface area (Å²) in [4.78, 5) is 15.4. The Morgan fingerprint density at radius 1 is 0.909 bits per heavy atom. The minimum absolute atomic E-state index is 0.174. The standard InChI is InChI=1S/C26H29N3O3S/c1-20-12-13-23(17-25(20)28-33(31,32)24-10-3-2-4-11-24)26(30)27-18-21-8-7-9-22(16-21)19-29-14-5-6-15-29/h2-4,7-13,16-17,28H,5-6,14-15,18-19H2,1H3,(H,27,30). The van der Waals surface area contributed by atoms with Gasteiger partial charge in [-0.15, -0.1) is 0 Å². The Labute approximate surface area is 195 Å². The zero-order valence-electron chi connectivity index (χ0n) is 18.8. The Bertz CT molecular complexity index is 1220. The molecule has 0 radical (unpaired) electrons. The van der Waals surface area contributed by atoms with Crippen LogP contribution in [0.25, 0.3) is 0 Å². The van der Waals surface area contributed by atoms with Crippen LogP contribution in [0.2, 0.25) is 0 Å². The molecule has 6 nitrogen and oxygen atoms in total. The van der Waals surface area contributed by atoms with Gasteiger partial charge in [0.2, 0.25) is 0 Å². The van der Waals surface area contributed by atoms with Crippen molar-refractivity contribution in [1.82, 2.24) is 10.2 Å². The number of sulfonamides is 1. The van der Waals surface area contributed by atoms with Crippen molar-refractivity contribution in [1.29, 1.82) is 0 Å². The van der Waals surface area contributed by atoms with E-state index in [0.717, 1.165) is 30.8 Å². The summed E-state index contributed by atoms with van der Waals surface area (Å²) >= 11 is 0. The van der Waals surface area contributed by atoms with Crippen LogP contribution in [0.5, 0.6) is 0 Å². The van der Waals surface area contributed by atoms with E-state index in [1.807, 2.05) is 12.1 Å². The lowest BCUT2D eigenvalue weighted by atomic mass is 10.1. The van der Waals surface area contributed by atoms with Gasteiger partial charge in [-0.3, -0.25) is 14.4 Å². The van der Waals surface area contributed by atoms with Crippen LogP contribution in [-0.2, 0) is 23.1 Å². The fourth-order valence-corrected chi connectivity index (χ4v) is 5.14. The lowest BCUT2D eigenvalue weighted by molar-refractivity contribution is 0.0951. The second-order valence-electron chi connectivity index (χ2n) is 8.43. The highest BCUT2D eigenvalue weighted by molar-refractivity contribution is 7.92. The molecule has 0 saturated carbocycles. The molecule has 4 rings (SSSR count). The van der Waals surface area contributed by atoms with Gasteiger partial charge in [-0.2, -0.15) is 0 Å². The molecule has 0 aromatic heterocycles. The highest BCUT2D eigenvalue weighted by Crippen LogP contribution is 2.21. The first-order chi connectivity index (χ1) is 15.9. The number of hydrogen-bond donors (Lipinski definition) is 2. The van der Waals surface area contributed by atoms with E-state index < -0.39 is 10.0 Å². The zero-order chi connectivity index (χ0) is 23.3. The third kappa shape index (κ3) is 6.00. The van der Waals surface area contributed by atoms with Crippen molar-refractivity contribution in [3.63, 3.8) is 0 Å². The Morgan fingerprint density at radius 3 is 2.39 bits per heavy atom. The van der Waals surface area contributed by atoms with Crippen LogP contribution in [0.1, 0.15) is 39.9 Å². The van der Waals surface area contributed by atoms with E-state index >= 15 is 0 Å². The molecule has 1 aliphatic rings. The van der Waals surface area contributed by atoms with Crippen molar-refractivity contribution in [3.8, 4) is 0 Å². The SMILES string of the molecule is Cc1ccc(C(=O)NCc2cccc(CN3CCCC3)c2)cc1NS(=O)(=O)c1ccccc1. The molecule has 172 valence electrons. The number of likely N-dealkylation sites (tertiary alicyclic amines) is 1. The molecule has 7 heteroatoms. The summed E-state index contributed by atoms with van der Waals surface area (Å²) in [6.07, 6.45) is 2.52. The Balaban J connectivity index is 1.42. The molecule has 0 atom stereocenters. The monoisotopic (exact) mass is 463 g/mol. The molecular weight excluding hydrogens is 434 g/mol. The van der Waals surface area contributed by atoms with Crippen LogP contribution in [0.4, 0.5) is 5.69 Å². The van der Waals surface area contributed by atoms with Gasteiger partial charge in [0.15, 0.2) is 0 Å². The van der Waals surface area contributed by atoms with Crippen molar-refractivity contribution >= 4 is 21.6 Å². The van der Waals surface area contributed by atoms with E-state index in [1.54, 1.807) is 43.3 Å². The Hall–Kier alpha value is -3.16. The Morgan fingerprint density at radius 2 is 1.64 bits per heavy atom. The lowest BCUT2D eigenvalue weighted by Crippen LogP contribution is -2.23. The van der Waals surface area contributed by atoms with E-state index in [0.29, 0.717) is 17.8 Å². The minimum atomic E-state index is -3.73. The van der Waals surface area contributed by atoms with Crippen molar-refractivity contribution in [2.45, 2.75) is 37.8 Å². The molecule has 1 saturated heterocycles. The van der Waals surface area contributed by atoms with Crippen molar-refractivity contribution in [2.24, 2.45) is 0 Å². The van der Waals surface area contributed by atoms with E-state index in [-0.39, 0.29) is 10.8 Å². The van der Waals surface area contributed by atoms with Gasteiger partial charge in [-0.1, -0.05) is 48.5 Å². The van der Waals surface area contributed by atoms with Crippen molar-refractivity contribution in [2.75, 3.05) is 17.8 Å². The molecular formula is C26H29N3O3S. The fourth-order valence-electron chi connectivity index (χ4n) is 4.00. The molecule has 3 aromatic rings. The van der Waals surface area contributed by atoms with Gasteiger partial charge in [0, 0.05) is 18.7 Å². The highest BCUT2D eigenvalue weighted by Gasteiger charge is 2.16. The van der Waals surface area contributed by atoms with E-state index in [4.69, 9.17) is 0 Å². The normalized spacial score (nSPS) is 14.2. The lowest BCUT2D eigenvalue weighted by Gasteiger charge is -2.15. The summed E-state index contributed by atoms with van der Waals surface area (Å²) in [5.41, 5.74) is 3.81. The highest BCUT2D eigenvalue weighted by atomic mass is 32.2. The zero-order valence-corrected chi connectivity index (χ0v) is 19.6. The number of rotatable bonds is 8. The van der Waals surface area contributed by atoms with Gasteiger partial charge in [0.25, 0.3) is 15.9 Å². The van der Waals surface area contributed by atoms with E-state index in [2.05, 4.69) is 27.1 Å². The van der Waals surface area contributed by atoms with Gasteiger partial charge in [0.05, 0.1) is 10.6 Å². The molecule has 1 heterocycles. The van der Waals surface area contributed by atoms with Crippen LogP contribution in [0, 0.1) is 6.92 Å². The molecule has 2 N–H and O–H groups in total. The first-order valence-electron chi connectivity index (χ1n) is 11.2. The van der Waals surface area contributed by atoms with Gasteiger partial charge < -0.3 is 5.32 Å². The van der Waals surface area contributed by atoms with Crippen molar-refractivity contribution < 1.29 is 13.2 Å². The molecule has 1 fully saturated rings. The quantitative estimate of drug-likeness (QED) is 0.521. The molecule has 0 aliphatic carbocycles. The van der Waals surface area contributed by atoms with E-state index in [1.165, 1.54) is 30.5 Å². The second kappa shape index (κ2) is 10.2. The maximum atomic E-state index is 12.8. The van der Waals surface area contributed by atoms with Crippen LogP contribution in [0.3, 0.4) is 0 Å². The number of aryl methyl sites for hydroxylation is 1. The number of nitrogens with zero attached hydrogens (tertiary/aromatic N) is 1. The Kier molecular flexibility index (Phi) is 7.11. The predicted octanol–water partition coefficient (Wildman–Crippen LogP) is 4.32. The van der Waals surface area contributed by atoms with Crippen molar-refractivity contribution in [3.05, 3.63) is 95.1 Å². The molecule has 0 unspecified atom stereocenters. The van der Waals surface area contributed by atoms with Crippen LogP contribution < -0.4 is 10.0 Å². The molecule has 33 heavy (non-hydrogen) atoms. The summed E-state index contributed by atoms with van der Waals surface area (Å²) in [6.45, 7) is 5.43. The predicted molar refractivity (Wildman–Crippen MR) is 131 cm³/mol. The van der Waals surface area contributed by atoms with Gasteiger partial charge >= 0.3 is 0 Å². The summed E-state index contributed by atoms with van der Waals surface area (Å²) in [6, 6.07) is 21.5. The molecule has 1 aliphatic heterocycles. The van der Waals surface area contributed by atoms with Gasteiger partial charge in [-0.05, 0) is 73.8 Å². The number of carbonyl (C=O) groups excluding carboxylic acids is 1. The van der Waals surface area contributed by atoms with Gasteiger partial charge in [0.1, 0.15) is 0 Å². The number of amides is 1. The minimum Gasteiger partial charge on any atom is -0.348 e. The van der Waals surface area contributed by atoms with E-state index in [9.17, 15) is 13.2 Å². The number of hydrogen-bond acceptors (Lipinski definition) is 4. The number of anilines is 1. The van der Waals surface area contributed by atoms with Crippen LogP contribution in [-0.4, -0.2) is 32.3 Å². The average Bonchev–Trinajstić information content (AvgIpc) is 3.33.